The Morgan fingerprint density at radius 3 is 2.81 bits per heavy atom. The highest BCUT2D eigenvalue weighted by Gasteiger charge is 2.16. The van der Waals surface area contributed by atoms with Gasteiger partial charge in [0.15, 0.2) is 0 Å². The first kappa shape index (κ1) is 15.6. The number of halogens is 1. The smallest absolute Gasteiger partial charge is 0.354 e. The maximum Gasteiger partial charge on any atom is 0.354 e. The Morgan fingerprint density at radius 2 is 2.14 bits per heavy atom. The Kier molecular flexibility index (Phi) is 5.01. The van der Waals surface area contributed by atoms with Gasteiger partial charge in [-0.3, -0.25) is 4.79 Å². The van der Waals surface area contributed by atoms with Crippen LogP contribution in [0.15, 0.2) is 24.3 Å². The minimum Gasteiger partial charge on any atom is -0.461 e. The Hall–Kier alpha value is -1.82. The molecule has 1 aromatic heterocycles. The number of carbonyl (C=O) groups is 2. The number of nitrogens with one attached hydrogen (secondary N) is 2. The molecule has 1 unspecified atom stereocenters. The van der Waals surface area contributed by atoms with Crippen molar-refractivity contribution in [3.05, 3.63) is 30.0 Å². The van der Waals surface area contributed by atoms with E-state index in [-0.39, 0.29) is 10.7 Å². The summed E-state index contributed by atoms with van der Waals surface area (Å²) in [7, 11) is 0. The van der Waals surface area contributed by atoms with Gasteiger partial charge in [0.2, 0.25) is 5.91 Å². The molecule has 0 radical (unpaired) electrons. The molecule has 1 amide bonds. The van der Waals surface area contributed by atoms with E-state index in [4.69, 9.17) is 4.74 Å². The summed E-state index contributed by atoms with van der Waals surface area (Å²) in [5.41, 5.74) is 1.73. The van der Waals surface area contributed by atoms with Crippen molar-refractivity contribution in [2.45, 2.75) is 25.1 Å². The number of aromatic amines is 1. The van der Waals surface area contributed by atoms with Crippen LogP contribution in [0.2, 0.25) is 0 Å². The lowest BCUT2D eigenvalue weighted by Crippen LogP contribution is -2.22. The van der Waals surface area contributed by atoms with Gasteiger partial charge in [-0.15, -0.1) is 0 Å². The van der Waals surface area contributed by atoms with E-state index in [1.165, 1.54) is 0 Å². The van der Waals surface area contributed by atoms with Crippen LogP contribution >= 0.6 is 15.9 Å². The number of amides is 1. The number of rotatable bonds is 5. The fourth-order valence-corrected chi connectivity index (χ4v) is 2.09. The summed E-state index contributed by atoms with van der Waals surface area (Å²) in [5.74, 6) is -0.518. The zero-order valence-electron chi connectivity index (χ0n) is 11.9. The first-order valence-corrected chi connectivity index (χ1v) is 7.72. The summed E-state index contributed by atoms with van der Waals surface area (Å²) >= 11 is 3.32. The molecule has 2 aromatic rings. The maximum atomic E-state index is 12.0. The molecule has 112 valence electrons. The second-order valence-corrected chi connectivity index (χ2v) is 5.64. The number of fused-ring (bicyclic) bond motifs is 1. The monoisotopic (exact) mass is 352 g/mol. The molecule has 0 aliphatic carbocycles. The SMILES string of the molecule is CCOC(=O)c1cc2cccc(NC(=O)C(Br)CC)c2[nH]1. The first-order chi connectivity index (χ1) is 10.1. The Bertz CT molecular complexity index is 666. The van der Waals surface area contributed by atoms with Crippen LogP contribution in [0.1, 0.15) is 30.8 Å². The van der Waals surface area contributed by atoms with Gasteiger partial charge in [-0.1, -0.05) is 35.0 Å². The fourth-order valence-electron chi connectivity index (χ4n) is 1.98. The average Bonchev–Trinajstić information content (AvgIpc) is 2.91. The summed E-state index contributed by atoms with van der Waals surface area (Å²) in [6.45, 7) is 4.00. The number of carbonyl (C=O) groups excluding carboxylic acids is 2. The molecule has 0 bridgehead atoms. The molecule has 1 aromatic carbocycles. The summed E-state index contributed by atoms with van der Waals surface area (Å²) in [6.07, 6.45) is 0.695. The van der Waals surface area contributed by atoms with Gasteiger partial charge in [-0.05, 0) is 25.5 Å². The number of aromatic nitrogens is 1. The summed E-state index contributed by atoms with van der Waals surface area (Å²) in [5, 5.41) is 3.70. The van der Waals surface area contributed by atoms with Gasteiger partial charge in [-0.2, -0.15) is 0 Å². The highest BCUT2D eigenvalue weighted by atomic mass is 79.9. The summed E-state index contributed by atoms with van der Waals surface area (Å²) in [4.78, 5) is 26.5. The van der Waals surface area contributed by atoms with Crippen LogP contribution in [-0.2, 0) is 9.53 Å². The molecular weight excluding hydrogens is 336 g/mol. The van der Waals surface area contributed by atoms with E-state index in [0.29, 0.717) is 29.9 Å². The van der Waals surface area contributed by atoms with E-state index >= 15 is 0 Å². The minimum atomic E-state index is -0.405. The largest absolute Gasteiger partial charge is 0.461 e. The molecule has 2 N–H and O–H groups in total. The third kappa shape index (κ3) is 3.44. The van der Waals surface area contributed by atoms with Crippen molar-refractivity contribution in [3.8, 4) is 0 Å². The zero-order chi connectivity index (χ0) is 15.4. The Balaban J connectivity index is 2.32. The predicted octanol–water partition coefficient (Wildman–Crippen LogP) is 3.46. The molecule has 0 saturated heterocycles. The standard InChI is InChI=1S/C15H17BrN2O3/c1-3-10(16)14(19)18-11-7-5-6-9-8-12(17-13(9)11)15(20)21-4-2/h5-8,10,17H,3-4H2,1-2H3,(H,18,19). The molecule has 0 fully saturated rings. The molecule has 1 atom stereocenters. The number of ether oxygens (including phenoxy) is 1. The van der Waals surface area contributed by atoms with Crippen molar-refractivity contribution in [2.75, 3.05) is 11.9 Å². The van der Waals surface area contributed by atoms with Crippen LogP contribution in [0, 0.1) is 0 Å². The number of anilines is 1. The predicted molar refractivity (Wildman–Crippen MR) is 85.9 cm³/mol. The summed E-state index contributed by atoms with van der Waals surface area (Å²) in [6, 6.07) is 7.21. The van der Waals surface area contributed by atoms with Gasteiger partial charge in [0, 0.05) is 5.39 Å². The molecule has 5 nitrogen and oxygen atoms in total. The van der Waals surface area contributed by atoms with E-state index in [1.807, 2.05) is 19.1 Å². The normalized spacial score (nSPS) is 12.1. The number of alkyl halides is 1. The van der Waals surface area contributed by atoms with E-state index in [2.05, 4.69) is 26.2 Å². The number of benzene rings is 1. The van der Waals surface area contributed by atoms with Crippen LogP contribution in [0.5, 0.6) is 0 Å². The zero-order valence-corrected chi connectivity index (χ0v) is 13.5. The van der Waals surface area contributed by atoms with Gasteiger partial charge in [0.25, 0.3) is 0 Å². The van der Waals surface area contributed by atoms with Crippen LogP contribution < -0.4 is 5.32 Å². The number of hydrogen-bond acceptors (Lipinski definition) is 3. The lowest BCUT2D eigenvalue weighted by atomic mass is 10.2. The lowest BCUT2D eigenvalue weighted by Gasteiger charge is -2.09. The molecule has 21 heavy (non-hydrogen) atoms. The van der Waals surface area contributed by atoms with Crippen molar-refractivity contribution in [1.29, 1.82) is 0 Å². The van der Waals surface area contributed by atoms with Crippen molar-refractivity contribution in [1.82, 2.24) is 4.98 Å². The number of hydrogen-bond donors (Lipinski definition) is 2. The van der Waals surface area contributed by atoms with Crippen molar-refractivity contribution >= 4 is 44.4 Å². The summed E-state index contributed by atoms with van der Waals surface area (Å²) < 4.78 is 4.97. The quantitative estimate of drug-likeness (QED) is 0.639. The highest BCUT2D eigenvalue weighted by molar-refractivity contribution is 9.10. The molecule has 6 heteroatoms. The van der Waals surface area contributed by atoms with Gasteiger partial charge < -0.3 is 15.0 Å². The topological polar surface area (TPSA) is 71.2 Å². The third-order valence-electron chi connectivity index (χ3n) is 3.05. The van der Waals surface area contributed by atoms with Crippen molar-refractivity contribution in [3.63, 3.8) is 0 Å². The van der Waals surface area contributed by atoms with E-state index < -0.39 is 5.97 Å². The van der Waals surface area contributed by atoms with E-state index in [0.717, 1.165) is 5.39 Å². The second kappa shape index (κ2) is 6.76. The van der Waals surface area contributed by atoms with Gasteiger partial charge in [0.1, 0.15) is 5.69 Å². The molecule has 0 aliphatic rings. The van der Waals surface area contributed by atoms with Crippen LogP contribution in [-0.4, -0.2) is 28.3 Å². The number of H-pyrrole nitrogens is 1. The third-order valence-corrected chi connectivity index (χ3v) is 4.12. The molecule has 0 aliphatic heterocycles. The van der Waals surface area contributed by atoms with Gasteiger partial charge >= 0.3 is 5.97 Å². The maximum absolute atomic E-state index is 12.0. The van der Waals surface area contributed by atoms with Crippen molar-refractivity contribution < 1.29 is 14.3 Å². The minimum absolute atomic E-state index is 0.114. The lowest BCUT2D eigenvalue weighted by molar-refractivity contribution is -0.115. The highest BCUT2D eigenvalue weighted by Crippen LogP contribution is 2.24. The van der Waals surface area contributed by atoms with E-state index in [1.54, 1.807) is 19.1 Å². The molecule has 2 rings (SSSR count). The Morgan fingerprint density at radius 1 is 1.38 bits per heavy atom. The van der Waals surface area contributed by atoms with E-state index in [9.17, 15) is 9.59 Å². The number of para-hydroxylation sites is 1. The van der Waals surface area contributed by atoms with Crippen molar-refractivity contribution in [2.24, 2.45) is 0 Å². The molecule has 0 spiro atoms. The van der Waals surface area contributed by atoms with Crippen LogP contribution in [0.3, 0.4) is 0 Å². The first-order valence-electron chi connectivity index (χ1n) is 6.80. The molecular formula is C15H17BrN2O3. The van der Waals surface area contributed by atoms with Crippen LogP contribution in [0.25, 0.3) is 10.9 Å². The van der Waals surface area contributed by atoms with Gasteiger partial charge in [0.05, 0.1) is 22.6 Å². The number of esters is 1. The second-order valence-electron chi connectivity index (χ2n) is 4.54. The average molecular weight is 353 g/mol. The van der Waals surface area contributed by atoms with Crippen LogP contribution in [0.4, 0.5) is 5.69 Å². The fraction of sp³-hybridized carbons (Fsp3) is 0.333. The van der Waals surface area contributed by atoms with Gasteiger partial charge in [-0.25, -0.2) is 4.79 Å². The molecule has 0 saturated carbocycles. The molecule has 1 heterocycles. The Labute approximate surface area is 131 Å².